The van der Waals surface area contributed by atoms with E-state index in [4.69, 9.17) is 20.2 Å². The van der Waals surface area contributed by atoms with Gasteiger partial charge in [-0.05, 0) is 0 Å². The summed E-state index contributed by atoms with van der Waals surface area (Å²) in [5.41, 5.74) is -0.588. The van der Waals surface area contributed by atoms with Gasteiger partial charge in [0, 0.05) is 5.41 Å². The predicted octanol–water partition coefficient (Wildman–Crippen LogP) is -0.0924. The van der Waals surface area contributed by atoms with Gasteiger partial charge >= 0.3 is 0 Å². The Morgan fingerprint density at radius 2 is 2.00 bits per heavy atom. The first kappa shape index (κ1) is 11.4. The molecular weight excluding hydrogens is 158 g/mol. The highest BCUT2D eigenvalue weighted by Crippen LogP contribution is 2.14. The summed E-state index contributed by atoms with van der Waals surface area (Å²) in [7, 11) is 0. The van der Waals surface area contributed by atoms with Crippen LogP contribution in [0.5, 0.6) is 0 Å². The van der Waals surface area contributed by atoms with Gasteiger partial charge in [0.25, 0.3) is 0 Å². The zero-order chi connectivity index (χ0) is 9.45. The third kappa shape index (κ3) is 4.29. The Bertz CT molecular complexity index is 149. The fourth-order valence-electron chi connectivity index (χ4n) is 0.578. The molecule has 0 radical (unpaired) electrons. The fraction of sp³-hybridized carbons (Fsp3) is 0.875. The van der Waals surface area contributed by atoms with Crippen molar-refractivity contribution in [1.82, 2.24) is 0 Å². The Morgan fingerprint density at radius 3 is 2.42 bits per heavy atom. The van der Waals surface area contributed by atoms with Crippen LogP contribution >= 0.6 is 0 Å². The van der Waals surface area contributed by atoms with Crippen molar-refractivity contribution in [3.05, 3.63) is 0 Å². The summed E-state index contributed by atoms with van der Waals surface area (Å²) in [4.78, 5) is 0. The number of nitrogens with zero attached hydrogens (tertiary/aromatic N) is 1. The maximum absolute atomic E-state index is 8.84. The molecule has 0 aromatic heterocycles. The Hall–Kier alpha value is -0.630. The van der Waals surface area contributed by atoms with E-state index < -0.39 is 5.41 Å². The second kappa shape index (κ2) is 5.95. The third-order valence-corrected chi connectivity index (χ3v) is 1.57. The van der Waals surface area contributed by atoms with Crippen molar-refractivity contribution in [2.24, 2.45) is 5.41 Å². The molecule has 0 saturated carbocycles. The van der Waals surface area contributed by atoms with Gasteiger partial charge < -0.3 is 14.9 Å². The monoisotopic (exact) mass is 173 g/mol. The first-order valence-corrected chi connectivity index (χ1v) is 3.85. The molecule has 0 aliphatic heterocycles. The molecule has 4 nitrogen and oxygen atoms in total. The highest BCUT2D eigenvalue weighted by molar-refractivity contribution is 4.72. The number of hydrogen-bond acceptors (Lipinski definition) is 4. The van der Waals surface area contributed by atoms with E-state index in [1.54, 1.807) is 6.92 Å². The highest BCUT2D eigenvalue weighted by atomic mass is 16.5. The van der Waals surface area contributed by atoms with E-state index in [1.165, 1.54) is 0 Å². The molecule has 2 N–H and O–H groups in total. The average molecular weight is 173 g/mol. The summed E-state index contributed by atoms with van der Waals surface area (Å²) in [5, 5.41) is 25.9. The minimum atomic E-state index is -0.588. The van der Waals surface area contributed by atoms with Crippen molar-refractivity contribution < 1.29 is 14.9 Å². The number of nitriles is 1. The molecule has 70 valence electrons. The standard InChI is InChI=1S/C8H15NO3/c1-8(5-10,6-11)7-12-4-2-3-9/h10-11H,2,4-7H2,1H3. The Balaban J connectivity index is 3.53. The summed E-state index contributed by atoms with van der Waals surface area (Å²) in [5.74, 6) is 0. The van der Waals surface area contributed by atoms with E-state index in [0.29, 0.717) is 13.0 Å². The van der Waals surface area contributed by atoms with Crippen LogP contribution in [0, 0.1) is 16.7 Å². The molecule has 0 unspecified atom stereocenters. The summed E-state index contributed by atoms with van der Waals surface area (Å²) in [6.07, 6.45) is 0.340. The quantitative estimate of drug-likeness (QED) is 0.550. The van der Waals surface area contributed by atoms with Gasteiger partial charge in [0.1, 0.15) is 0 Å². The highest BCUT2D eigenvalue weighted by Gasteiger charge is 2.22. The SMILES string of the molecule is CC(CO)(CO)COCCC#N. The maximum atomic E-state index is 8.84. The lowest BCUT2D eigenvalue weighted by Crippen LogP contribution is -2.31. The molecule has 4 heteroatoms. The molecule has 0 rings (SSSR count). The lowest BCUT2D eigenvalue weighted by molar-refractivity contribution is -0.0145. The maximum Gasteiger partial charge on any atom is 0.0645 e. The van der Waals surface area contributed by atoms with Crippen molar-refractivity contribution in [3.8, 4) is 6.07 Å². The molecule has 0 aliphatic carbocycles. The van der Waals surface area contributed by atoms with Crippen molar-refractivity contribution in [2.45, 2.75) is 13.3 Å². The number of aliphatic hydroxyl groups excluding tert-OH is 2. The van der Waals surface area contributed by atoms with Gasteiger partial charge in [-0.25, -0.2) is 0 Å². The normalized spacial score (nSPS) is 11.2. The largest absolute Gasteiger partial charge is 0.396 e. The van der Waals surface area contributed by atoms with E-state index in [0.717, 1.165) is 0 Å². The number of aliphatic hydroxyl groups is 2. The lowest BCUT2D eigenvalue weighted by Gasteiger charge is -2.23. The van der Waals surface area contributed by atoms with Crippen LogP contribution in [0.25, 0.3) is 0 Å². The fourth-order valence-corrected chi connectivity index (χ4v) is 0.578. The molecule has 0 bridgehead atoms. The smallest absolute Gasteiger partial charge is 0.0645 e. The van der Waals surface area contributed by atoms with E-state index in [1.807, 2.05) is 6.07 Å². The molecule has 0 atom stereocenters. The number of ether oxygens (including phenoxy) is 1. The minimum Gasteiger partial charge on any atom is -0.396 e. The van der Waals surface area contributed by atoms with E-state index in [2.05, 4.69) is 0 Å². The zero-order valence-electron chi connectivity index (χ0n) is 7.29. The summed E-state index contributed by atoms with van der Waals surface area (Å²) in [6.45, 7) is 2.12. The van der Waals surface area contributed by atoms with Crippen LogP contribution in [-0.2, 0) is 4.74 Å². The van der Waals surface area contributed by atoms with Crippen molar-refractivity contribution in [1.29, 1.82) is 5.26 Å². The van der Waals surface area contributed by atoms with Crippen LogP contribution in [0.15, 0.2) is 0 Å². The van der Waals surface area contributed by atoms with Gasteiger partial charge in [0.2, 0.25) is 0 Å². The summed E-state index contributed by atoms with van der Waals surface area (Å²) >= 11 is 0. The third-order valence-electron chi connectivity index (χ3n) is 1.57. The first-order valence-electron chi connectivity index (χ1n) is 3.85. The molecule has 0 aromatic rings. The Kier molecular flexibility index (Phi) is 5.64. The van der Waals surface area contributed by atoms with Gasteiger partial charge in [0.15, 0.2) is 0 Å². The van der Waals surface area contributed by atoms with Crippen LogP contribution in [0.3, 0.4) is 0 Å². The average Bonchev–Trinajstić information content (AvgIpc) is 2.12. The van der Waals surface area contributed by atoms with Crippen LogP contribution in [0.2, 0.25) is 0 Å². The lowest BCUT2D eigenvalue weighted by atomic mass is 9.95. The van der Waals surface area contributed by atoms with Crippen molar-refractivity contribution in [3.63, 3.8) is 0 Å². The van der Waals surface area contributed by atoms with Crippen LogP contribution in [0.1, 0.15) is 13.3 Å². The zero-order valence-corrected chi connectivity index (χ0v) is 7.29. The van der Waals surface area contributed by atoms with Crippen molar-refractivity contribution in [2.75, 3.05) is 26.4 Å². The second-order valence-electron chi connectivity index (χ2n) is 3.09. The van der Waals surface area contributed by atoms with Crippen LogP contribution in [-0.4, -0.2) is 36.6 Å². The first-order chi connectivity index (χ1) is 5.68. The van der Waals surface area contributed by atoms with E-state index in [9.17, 15) is 0 Å². The molecule has 0 aromatic carbocycles. The van der Waals surface area contributed by atoms with Gasteiger partial charge in [-0.2, -0.15) is 5.26 Å². The molecule has 0 aliphatic rings. The minimum absolute atomic E-state index is 0.115. The molecular formula is C8H15NO3. The topological polar surface area (TPSA) is 73.5 Å². The number of rotatable bonds is 6. The van der Waals surface area contributed by atoms with Crippen LogP contribution in [0.4, 0.5) is 0 Å². The van der Waals surface area contributed by atoms with Gasteiger partial charge in [-0.3, -0.25) is 0 Å². The van der Waals surface area contributed by atoms with Gasteiger partial charge in [-0.1, -0.05) is 6.92 Å². The van der Waals surface area contributed by atoms with E-state index >= 15 is 0 Å². The Labute approximate surface area is 72.4 Å². The van der Waals surface area contributed by atoms with E-state index in [-0.39, 0.29) is 19.8 Å². The van der Waals surface area contributed by atoms with Gasteiger partial charge in [0.05, 0.1) is 38.9 Å². The molecule has 0 heterocycles. The second-order valence-corrected chi connectivity index (χ2v) is 3.09. The van der Waals surface area contributed by atoms with Gasteiger partial charge in [-0.15, -0.1) is 0 Å². The summed E-state index contributed by atoms with van der Waals surface area (Å²) < 4.78 is 5.08. The van der Waals surface area contributed by atoms with Crippen LogP contribution < -0.4 is 0 Å². The van der Waals surface area contributed by atoms with Crippen molar-refractivity contribution >= 4 is 0 Å². The molecule has 0 fully saturated rings. The number of hydrogen-bond donors (Lipinski definition) is 2. The molecule has 0 saturated heterocycles. The summed E-state index contributed by atoms with van der Waals surface area (Å²) in [6, 6.07) is 1.94. The Morgan fingerprint density at radius 1 is 1.42 bits per heavy atom. The molecule has 0 spiro atoms. The predicted molar refractivity (Wildman–Crippen MR) is 43.3 cm³/mol. The molecule has 12 heavy (non-hydrogen) atoms. The molecule has 0 amide bonds.